The summed E-state index contributed by atoms with van der Waals surface area (Å²) in [5, 5.41) is 5.92. The fraction of sp³-hybridized carbons (Fsp3) is 0.417. The molecule has 1 amide bonds. The molecule has 0 radical (unpaired) electrons. The molecule has 4 nitrogen and oxygen atoms in total. The SMILES string of the molecule is CCNC(=O)CCNc1ccccc1OC. The average Bonchev–Trinajstić information content (AvgIpc) is 2.30. The zero-order valence-corrected chi connectivity index (χ0v) is 9.75. The first-order chi connectivity index (χ1) is 7.77. The molecule has 0 atom stereocenters. The minimum atomic E-state index is 0.0601. The van der Waals surface area contributed by atoms with Crippen LogP contribution in [0.4, 0.5) is 5.69 Å². The first-order valence-corrected chi connectivity index (χ1v) is 5.41. The van der Waals surface area contributed by atoms with Gasteiger partial charge < -0.3 is 15.4 Å². The van der Waals surface area contributed by atoms with Crippen LogP contribution >= 0.6 is 0 Å². The molecule has 88 valence electrons. The van der Waals surface area contributed by atoms with E-state index in [0.717, 1.165) is 11.4 Å². The Labute approximate surface area is 96.0 Å². The van der Waals surface area contributed by atoms with Crippen LogP contribution in [0.25, 0.3) is 0 Å². The van der Waals surface area contributed by atoms with Crippen LogP contribution in [0.1, 0.15) is 13.3 Å². The third-order valence-electron chi connectivity index (χ3n) is 2.15. The molecule has 16 heavy (non-hydrogen) atoms. The Morgan fingerprint density at radius 2 is 2.12 bits per heavy atom. The molecule has 0 heterocycles. The van der Waals surface area contributed by atoms with Gasteiger partial charge in [0.1, 0.15) is 5.75 Å². The molecular formula is C12H18N2O2. The van der Waals surface area contributed by atoms with E-state index in [1.165, 1.54) is 0 Å². The minimum absolute atomic E-state index is 0.0601. The molecule has 4 heteroatoms. The van der Waals surface area contributed by atoms with E-state index < -0.39 is 0 Å². The number of carbonyl (C=O) groups excluding carboxylic acids is 1. The molecule has 1 aromatic rings. The molecule has 0 saturated heterocycles. The van der Waals surface area contributed by atoms with Crippen molar-refractivity contribution < 1.29 is 9.53 Å². The Bertz CT molecular complexity index is 340. The van der Waals surface area contributed by atoms with E-state index in [-0.39, 0.29) is 5.91 Å². The van der Waals surface area contributed by atoms with E-state index in [1.54, 1.807) is 7.11 Å². The van der Waals surface area contributed by atoms with Crippen LogP contribution < -0.4 is 15.4 Å². The standard InChI is InChI=1S/C12H18N2O2/c1-3-13-12(15)8-9-14-10-6-4-5-7-11(10)16-2/h4-7,14H,3,8-9H2,1-2H3,(H,13,15). The number of hydrogen-bond donors (Lipinski definition) is 2. The lowest BCUT2D eigenvalue weighted by Crippen LogP contribution is -2.24. The number of ether oxygens (including phenoxy) is 1. The molecule has 2 N–H and O–H groups in total. The number of hydrogen-bond acceptors (Lipinski definition) is 3. The Morgan fingerprint density at radius 3 is 2.81 bits per heavy atom. The zero-order chi connectivity index (χ0) is 11.8. The fourth-order valence-electron chi connectivity index (χ4n) is 1.39. The highest BCUT2D eigenvalue weighted by molar-refractivity contribution is 5.76. The van der Waals surface area contributed by atoms with Crippen molar-refractivity contribution in [2.45, 2.75) is 13.3 Å². The predicted octanol–water partition coefficient (Wildman–Crippen LogP) is 1.63. The molecular weight excluding hydrogens is 204 g/mol. The Hall–Kier alpha value is -1.71. The Kier molecular flexibility index (Phi) is 5.19. The highest BCUT2D eigenvalue weighted by atomic mass is 16.5. The lowest BCUT2D eigenvalue weighted by Gasteiger charge is -2.10. The third kappa shape index (κ3) is 3.81. The highest BCUT2D eigenvalue weighted by Crippen LogP contribution is 2.22. The van der Waals surface area contributed by atoms with Crippen molar-refractivity contribution in [3.05, 3.63) is 24.3 Å². The minimum Gasteiger partial charge on any atom is -0.495 e. The maximum Gasteiger partial charge on any atom is 0.221 e. The van der Waals surface area contributed by atoms with E-state index >= 15 is 0 Å². The van der Waals surface area contributed by atoms with E-state index in [0.29, 0.717) is 19.5 Å². The molecule has 1 rings (SSSR count). The van der Waals surface area contributed by atoms with Gasteiger partial charge in [-0.15, -0.1) is 0 Å². The summed E-state index contributed by atoms with van der Waals surface area (Å²) >= 11 is 0. The van der Waals surface area contributed by atoms with Crippen LogP contribution in [-0.2, 0) is 4.79 Å². The molecule has 0 bridgehead atoms. The van der Waals surface area contributed by atoms with Gasteiger partial charge in [-0.2, -0.15) is 0 Å². The van der Waals surface area contributed by atoms with Gasteiger partial charge in [0.2, 0.25) is 5.91 Å². The van der Waals surface area contributed by atoms with Gasteiger partial charge in [-0.05, 0) is 19.1 Å². The van der Waals surface area contributed by atoms with Gasteiger partial charge in [0.25, 0.3) is 0 Å². The summed E-state index contributed by atoms with van der Waals surface area (Å²) < 4.78 is 5.19. The zero-order valence-electron chi connectivity index (χ0n) is 9.75. The van der Waals surface area contributed by atoms with Crippen LogP contribution in [-0.4, -0.2) is 26.1 Å². The summed E-state index contributed by atoms with van der Waals surface area (Å²) in [6.45, 7) is 3.19. The fourth-order valence-corrected chi connectivity index (χ4v) is 1.39. The number of amides is 1. The number of benzene rings is 1. The summed E-state index contributed by atoms with van der Waals surface area (Å²) in [5.41, 5.74) is 0.911. The van der Waals surface area contributed by atoms with Gasteiger partial charge in [0.15, 0.2) is 0 Å². The van der Waals surface area contributed by atoms with Crippen molar-refractivity contribution in [2.75, 3.05) is 25.5 Å². The van der Waals surface area contributed by atoms with Gasteiger partial charge in [0, 0.05) is 19.5 Å². The van der Waals surface area contributed by atoms with Crippen molar-refractivity contribution >= 4 is 11.6 Å². The van der Waals surface area contributed by atoms with Crippen LogP contribution in [0.15, 0.2) is 24.3 Å². The number of rotatable bonds is 6. The van der Waals surface area contributed by atoms with E-state index in [2.05, 4.69) is 10.6 Å². The van der Waals surface area contributed by atoms with Crippen LogP contribution in [0, 0.1) is 0 Å². The van der Waals surface area contributed by atoms with Gasteiger partial charge >= 0.3 is 0 Å². The van der Waals surface area contributed by atoms with Gasteiger partial charge in [-0.3, -0.25) is 4.79 Å². The maximum atomic E-state index is 11.2. The number of carbonyl (C=O) groups is 1. The quantitative estimate of drug-likeness (QED) is 0.769. The van der Waals surface area contributed by atoms with Crippen LogP contribution in [0.2, 0.25) is 0 Å². The van der Waals surface area contributed by atoms with Crippen molar-refractivity contribution in [3.8, 4) is 5.75 Å². The topological polar surface area (TPSA) is 50.4 Å². The molecule has 0 aliphatic heterocycles. The smallest absolute Gasteiger partial charge is 0.221 e. The van der Waals surface area contributed by atoms with Crippen molar-refractivity contribution in [3.63, 3.8) is 0 Å². The number of anilines is 1. The van der Waals surface area contributed by atoms with E-state index in [4.69, 9.17) is 4.74 Å². The predicted molar refractivity (Wildman–Crippen MR) is 64.8 cm³/mol. The molecule has 0 fully saturated rings. The second kappa shape index (κ2) is 6.71. The largest absolute Gasteiger partial charge is 0.495 e. The maximum absolute atomic E-state index is 11.2. The van der Waals surface area contributed by atoms with Gasteiger partial charge in [-0.1, -0.05) is 12.1 Å². The second-order valence-electron chi connectivity index (χ2n) is 3.33. The highest BCUT2D eigenvalue weighted by Gasteiger charge is 2.02. The summed E-state index contributed by atoms with van der Waals surface area (Å²) in [7, 11) is 1.63. The molecule has 0 unspecified atom stereocenters. The molecule has 0 spiro atoms. The van der Waals surface area contributed by atoms with Crippen LogP contribution in [0.3, 0.4) is 0 Å². The summed E-state index contributed by atoms with van der Waals surface area (Å²) in [6, 6.07) is 7.65. The lowest BCUT2D eigenvalue weighted by molar-refractivity contribution is -0.120. The monoisotopic (exact) mass is 222 g/mol. The Balaban J connectivity index is 2.39. The third-order valence-corrected chi connectivity index (χ3v) is 2.15. The van der Waals surface area contributed by atoms with Gasteiger partial charge in [0.05, 0.1) is 12.8 Å². The second-order valence-corrected chi connectivity index (χ2v) is 3.33. The summed E-state index contributed by atoms with van der Waals surface area (Å²) in [4.78, 5) is 11.2. The van der Waals surface area contributed by atoms with Crippen molar-refractivity contribution in [1.29, 1.82) is 0 Å². The normalized spacial score (nSPS) is 9.62. The van der Waals surface area contributed by atoms with Crippen LogP contribution in [0.5, 0.6) is 5.75 Å². The molecule has 0 aromatic heterocycles. The van der Waals surface area contributed by atoms with Gasteiger partial charge in [-0.25, -0.2) is 0 Å². The number of methoxy groups -OCH3 is 1. The van der Waals surface area contributed by atoms with Crippen molar-refractivity contribution in [1.82, 2.24) is 5.32 Å². The average molecular weight is 222 g/mol. The summed E-state index contributed by atoms with van der Waals surface area (Å²) in [5.74, 6) is 0.850. The summed E-state index contributed by atoms with van der Waals surface area (Å²) in [6.07, 6.45) is 0.464. The number of nitrogens with one attached hydrogen (secondary N) is 2. The lowest BCUT2D eigenvalue weighted by atomic mass is 10.3. The van der Waals surface area contributed by atoms with Crippen molar-refractivity contribution in [2.24, 2.45) is 0 Å². The van der Waals surface area contributed by atoms with E-state index in [9.17, 15) is 4.79 Å². The first kappa shape index (κ1) is 12.4. The Morgan fingerprint density at radius 1 is 1.38 bits per heavy atom. The molecule has 0 aliphatic rings. The molecule has 1 aromatic carbocycles. The molecule has 0 saturated carbocycles. The number of para-hydroxylation sites is 2. The van der Waals surface area contributed by atoms with E-state index in [1.807, 2.05) is 31.2 Å². The molecule has 0 aliphatic carbocycles. The first-order valence-electron chi connectivity index (χ1n) is 5.41.